The van der Waals surface area contributed by atoms with Gasteiger partial charge in [0.25, 0.3) is 0 Å². The van der Waals surface area contributed by atoms with E-state index in [4.69, 9.17) is 4.52 Å². The quantitative estimate of drug-likeness (QED) is 0.866. The number of carbonyl (C=O) groups excluding carboxylic acids is 1. The van der Waals surface area contributed by atoms with Crippen molar-refractivity contribution in [3.63, 3.8) is 0 Å². The molecule has 1 N–H and O–H groups in total. The second-order valence-electron chi connectivity index (χ2n) is 6.04. The molecule has 1 fully saturated rings. The van der Waals surface area contributed by atoms with Gasteiger partial charge in [0.05, 0.1) is 17.8 Å². The van der Waals surface area contributed by atoms with Gasteiger partial charge in [0.15, 0.2) is 0 Å². The predicted octanol–water partition coefficient (Wildman–Crippen LogP) is 3.33. The fraction of sp³-hybridized carbons (Fsp3) is 0.688. The van der Waals surface area contributed by atoms with E-state index >= 15 is 0 Å². The maximum atomic E-state index is 12.6. The standard InChI is InChI=1S/C16H23N3O2/c1-11(14-12(2)19-21-13(14)3)18-15(20)16(10-17)8-6-4-5-7-9-16/h11H,4-9H2,1-3H3,(H,18,20). The highest BCUT2D eigenvalue weighted by atomic mass is 16.5. The molecule has 1 amide bonds. The molecule has 1 unspecified atom stereocenters. The molecule has 1 heterocycles. The third-order valence-corrected chi connectivity index (χ3v) is 4.47. The van der Waals surface area contributed by atoms with Gasteiger partial charge >= 0.3 is 0 Å². The highest BCUT2D eigenvalue weighted by Gasteiger charge is 2.39. The van der Waals surface area contributed by atoms with Crippen LogP contribution in [-0.2, 0) is 4.79 Å². The summed E-state index contributed by atoms with van der Waals surface area (Å²) in [7, 11) is 0. The number of nitrogens with zero attached hydrogens (tertiary/aromatic N) is 2. The lowest BCUT2D eigenvalue weighted by atomic mass is 9.80. The molecule has 0 aromatic carbocycles. The number of amides is 1. The summed E-state index contributed by atoms with van der Waals surface area (Å²) in [5, 5.41) is 16.5. The second-order valence-corrected chi connectivity index (χ2v) is 6.04. The lowest BCUT2D eigenvalue weighted by molar-refractivity contribution is -0.129. The number of hydrogen-bond acceptors (Lipinski definition) is 4. The number of hydrogen-bond donors (Lipinski definition) is 1. The van der Waals surface area contributed by atoms with Crippen molar-refractivity contribution < 1.29 is 9.32 Å². The van der Waals surface area contributed by atoms with Crippen LogP contribution in [0.25, 0.3) is 0 Å². The van der Waals surface area contributed by atoms with Gasteiger partial charge in [0.1, 0.15) is 11.2 Å². The van der Waals surface area contributed by atoms with Crippen molar-refractivity contribution in [3.05, 3.63) is 17.0 Å². The minimum atomic E-state index is -0.871. The molecule has 1 saturated carbocycles. The van der Waals surface area contributed by atoms with Crippen LogP contribution in [0.3, 0.4) is 0 Å². The average molecular weight is 289 g/mol. The lowest BCUT2D eigenvalue weighted by Crippen LogP contribution is -2.41. The van der Waals surface area contributed by atoms with Crippen LogP contribution in [0.1, 0.15) is 68.5 Å². The molecular formula is C16H23N3O2. The van der Waals surface area contributed by atoms with Crippen molar-refractivity contribution in [2.24, 2.45) is 5.41 Å². The molecule has 1 aromatic heterocycles. The van der Waals surface area contributed by atoms with Gasteiger partial charge in [-0.1, -0.05) is 30.8 Å². The van der Waals surface area contributed by atoms with Gasteiger partial charge in [-0.2, -0.15) is 5.26 Å². The van der Waals surface area contributed by atoms with Crippen LogP contribution < -0.4 is 5.32 Å². The Bertz CT molecular complexity index is 529. The predicted molar refractivity (Wildman–Crippen MR) is 78.3 cm³/mol. The zero-order valence-corrected chi connectivity index (χ0v) is 13.0. The number of aryl methyl sites for hydroxylation is 2. The van der Waals surface area contributed by atoms with Gasteiger partial charge in [0.2, 0.25) is 5.91 Å². The van der Waals surface area contributed by atoms with Crippen molar-refractivity contribution >= 4 is 5.91 Å². The number of carbonyl (C=O) groups is 1. The lowest BCUT2D eigenvalue weighted by Gasteiger charge is -2.26. The number of aromatic nitrogens is 1. The Morgan fingerprint density at radius 1 is 1.33 bits per heavy atom. The molecule has 5 heteroatoms. The van der Waals surface area contributed by atoms with Gasteiger partial charge in [-0.3, -0.25) is 4.79 Å². The molecule has 0 spiro atoms. The molecule has 0 saturated heterocycles. The number of nitrogens with one attached hydrogen (secondary N) is 1. The van der Waals surface area contributed by atoms with Gasteiger partial charge < -0.3 is 9.84 Å². The Morgan fingerprint density at radius 2 is 1.95 bits per heavy atom. The summed E-state index contributed by atoms with van der Waals surface area (Å²) in [6.45, 7) is 5.61. The van der Waals surface area contributed by atoms with Crippen molar-refractivity contribution in [1.82, 2.24) is 10.5 Å². The molecule has 5 nitrogen and oxygen atoms in total. The highest BCUT2D eigenvalue weighted by molar-refractivity contribution is 5.85. The molecule has 1 aliphatic rings. The minimum Gasteiger partial charge on any atom is -0.361 e. The molecule has 0 bridgehead atoms. The van der Waals surface area contributed by atoms with E-state index < -0.39 is 5.41 Å². The first kappa shape index (κ1) is 15.6. The first-order valence-corrected chi connectivity index (χ1v) is 7.65. The van der Waals surface area contributed by atoms with Crippen molar-refractivity contribution in [1.29, 1.82) is 5.26 Å². The maximum absolute atomic E-state index is 12.6. The van der Waals surface area contributed by atoms with Crippen LogP contribution >= 0.6 is 0 Å². The van der Waals surface area contributed by atoms with Crippen LogP contribution in [-0.4, -0.2) is 11.1 Å². The number of rotatable bonds is 3. The summed E-state index contributed by atoms with van der Waals surface area (Å²) in [6.07, 6.45) is 5.42. The molecule has 1 aromatic rings. The van der Waals surface area contributed by atoms with E-state index in [2.05, 4.69) is 16.5 Å². The third-order valence-electron chi connectivity index (χ3n) is 4.47. The highest BCUT2D eigenvalue weighted by Crippen LogP contribution is 2.35. The van der Waals surface area contributed by atoms with E-state index in [-0.39, 0.29) is 11.9 Å². The largest absolute Gasteiger partial charge is 0.361 e. The fourth-order valence-corrected chi connectivity index (χ4v) is 3.24. The first-order chi connectivity index (χ1) is 10.00. The Kier molecular flexibility index (Phi) is 4.66. The molecule has 1 atom stereocenters. The van der Waals surface area contributed by atoms with Crippen molar-refractivity contribution in [3.8, 4) is 6.07 Å². The smallest absolute Gasteiger partial charge is 0.240 e. The van der Waals surface area contributed by atoms with Crippen LogP contribution in [0.15, 0.2) is 4.52 Å². The Morgan fingerprint density at radius 3 is 2.43 bits per heavy atom. The van der Waals surface area contributed by atoms with Gasteiger partial charge in [-0.15, -0.1) is 0 Å². The van der Waals surface area contributed by atoms with E-state index in [1.165, 1.54) is 0 Å². The van der Waals surface area contributed by atoms with E-state index in [0.29, 0.717) is 18.6 Å². The van der Waals surface area contributed by atoms with Gasteiger partial charge in [0, 0.05) is 5.56 Å². The summed E-state index contributed by atoms with van der Waals surface area (Å²) < 4.78 is 5.15. The molecule has 2 rings (SSSR count). The Labute approximate surface area is 125 Å². The second kappa shape index (κ2) is 6.30. The fourth-order valence-electron chi connectivity index (χ4n) is 3.24. The summed E-state index contributed by atoms with van der Waals surface area (Å²) >= 11 is 0. The van der Waals surface area contributed by atoms with E-state index in [1.54, 1.807) is 0 Å². The van der Waals surface area contributed by atoms with Crippen LogP contribution in [0.5, 0.6) is 0 Å². The molecule has 0 aliphatic heterocycles. The monoisotopic (exact) mass is 289 g/mol. The molecule has 21 heavy (non-hydrogen) atoms. The van der Waals surface area contributed by atoms with Crippen molar-refractivity contribution in [2.45, 2.75) is 65.3 Å². The minimum absolute atomic E-state index is 0.153. The summed E-state index contributed by atoms with van der Waals surface area (Å²) in [6, 6.07) is 2.09. The zero-order valence-electron chi connectivity index (χ0n) is 13.0. The topological polar surface area (TPSA) is 78.9 Å². The third kappa shape index (κ3) is 3.10. The van der Waals surface area contributed by atoms with Crippen LogP contribution in [0, 0.1) is 30.6 Å². The van der Waals surface area contributed by atoms with E-state index in [0.717, 1.165) is 36.9 Å². The Hall–Kier alpha value is -1.83. The zero-order chi connectivity index (χ0) is 15.5. The average Bonchev–Trinajstić information content (AvgIpc) is 2.68. The van der Waals surface area contributed by atoms with Crippen LogP contribution in [0.4, 0.5) is 0 Å². The normalized spacial score (nSPS) is 19.3. The van der Waals surface area contributed by atoms with Gasteiger partial charge in [-0.25, -0.2) is 0 Å². The molecule has 1 aliphatic carbocycles. The Balaban J connectivity index is 2.14. The summed E-state index contributed by atoms with van der Waals surface area (Å²) in [5.74, 6) is 0.562. The summed E-state index contributed by atoms with van der Waals surface area (Å²) in [5.41, 5.74) is 0.821. The molecule has 114 valence electrons. The molecule has 0 radical (unpaired) electrons. The van der Waals surface area contributed by atoms with Crippen molar-refractivity contribution in [2.75, 3.05) is 0 Å². The first-order valence-electron chi connectivity index (χ1n) is 7.65. The van der Waals surface area contributed by atoms with Crippen LogP contribution in [0.2, 0.25) is 0 Å². The summed E-state index contributed by atoms with van der Waals surface area (Å²) in [4.78, 5) is 12.6. The molecular weight excluding hydrogens is 266 g/mol. The van der Waals surface area contributed by atoms with E-state index in [1.807, 2.05) is 20.8 Å². The van der Waals surface area contributed by atoms with E-state index in [9.17, 15) is 10.1 Å². The SMILES string of the molecule is Cc1noc(C)c1C(C)NC(=O)C1(C#N)CCCCCC1. The maximum Gasteiger partial charge on any atom is 0.240 e. The number of nitriles is 1. The van der Waals surface area contributed by atoms with Gasteiger partial charge in [-0.05, 0) is 33.6 Å².